The Balaban J connectivity index is 2.08. The largest absolute Gasteiger partial charge is 0.409 e. The number of nitrogens with zero attached hydrogens (tertiary/aromatic N) is 5. The first-order valence-electron chi connectivity index (χ1n) is 6.12. The van der Waals surface area contributed by atoms with Crippen molar-refractivity contribution in [1.29, 1.82) is 0 Å². The topological polar surface area (TPSA) is 102 Å². The summed E-state index contributed by atoms with van der Waals surface area (Å²) in [5, 5.41) is 21.5. The Labute approximate surface area is 124 Å². The third kappa shape index (κ3) is 2.40. The van der Waals surface area contributed by atoms with Crippen molar-refractivity contribution in [3.63, 3.8) is 0 Å². The molecule has 0 bridgehead atoms. The minimum Gasteiger partial charge on any atom is -0.409 e. The lowest BCUT2D eigenvalue weighted by Crippen LogP contribution is -2.16. The monoisotopic (exact) mass is 300 g/mol. The molecule has 0 amide bonds. The van der Waals surface area contributed by atoms with E-state index < -0.39 is 0 Å². The number of rotatable bonds is 3. The Bertz CT molecular complexity index is 828. The molecular formula is C13H12N6OS. The predicted molar refractivity (Wildman–Crippen MR) is 78.6 cm³/mol. The van der Waals surface area contributed by atoms with Crippen LogP contribution in [0.4, 0.5) is 0 Å². The molecule has 0 aromatic carbocycles. The van der Waals surface area contributed by atoms with Crippen LogP contribution in [0, 0.1) is 6.92 Å². The van der Waals surface area contributed by atoms with Crippen LogP contribution in [0.1, 0.15) is 11.1 Å². The molecule has 0 fully saturated rings. The number of fused-ring (bicyclic) bond motifs is 1. The summed E-state index contributed by atoms with van der Waals surface area (Å²) >= 11 is 1.31. The van der Waals surface area contributed by atoms with Crippen molar-refractivity contribution in [3.05, 3.63) is 47.8 Å². The molecule has 3 N–H and O–H groups in total. The molecule has 0 saturated heterocycles. The highest BCUT2D eigenvalue weighted by molar-refractivity contribution is 7.99. The van der Waals surface area contributed by atoms with Gasteiger partial charge in [0, 0.05) is 12.4 Å². The number of amidine groups is 1. The minimum atomic E-state index is 0.0249. The van der Waals surface area contributed by atoms with Gasteiger partial charge >= 0.3 is 0 Å². The highest BCUT2D eigenvalue weighted by atomic mass is 32.2. The average molecular weight is 300 g/mol. The molecule has 0 spiro atoms. The minimum absolute atomic E-state index is 0.0249. The lowest BCUT2D eigenvalue weighted by atomic mass is 10.1. The van der Waals surface area contributed by atoms with E-state index in [4.69, 9.17) is 10.9 Å². The van der Waals surface area contributed by atoms with Gasteiger partial charge in [-0.3, -0.25) is 4.40 Å². The van der Waals surface area contributed by atoms with Gasteiger partial charge in [-0.05, 0) is 42.4 Å². The summed E-state index contributed by atoms with van der Waals surface area (Å²) in [5.74, 6) is 0.0249. The van der Waals surface area contributed by atoms with Crippen molar-refractivity contribution in [1.82, 2.24) is 19.6 Å². The molecule has 0 aliphatic rings. The molecule has 21 heavy (non-hydrogen) atoms. The summed E-state index contributed by atoms with van der Waals surface area (Å²) in [7, 11) is 0. The maximum Gasteiger partial charge on any atom is 0.201 e. The molecule has 3 rings (SSSR count). The number of aryl methyl sites for hydroxylation is 1. The highest BCUT2D eigenvalue weighted by Crippen LogP contribution is 2.29. The van der Waals surface area contributed by atoms with Gasteiger partial charge in [0.15, 0.2) is 11.5 Å². The summed E-state index contributed by atoms with van der Waals surface area (Å²) in [5.41, 5.74) is 7.96. The van der Waals surface area contributed by atoms with Gasteiger partial charge in [-0.2, -0.15) is 0 Å². The quantitative estimate of drug-likeness (QED) is 0.330. The van der Waals surface area contributed by atoms with Crippen LogP contribution >= 0.6 is 11.8 Å². The molecular weight excluding hydrogens is 288 g/mol. The Hall–Kier alpha value is -2.61. The van der Waals surface area contributed by atoms with E-state index in [1.165, 1.54) is 11.8 Å². The van der Waals surface area contributed by atoms with Gasteiger partial charge < -0.3 is 10.9 Å². The number of hydrogen-bond donors (Lipinski definition) is 2. The van der Waals surface area contributed by atoms with Crippen molar-refractivity contribution in [2.45, 2.75) is 17.1 Å². The normalized spacial score (nSPS) is 12.0. The highest BCUT2D eigenvalue weighted by Gasteiger charge is 2.15. The molecule has 3 heterocycles. The molecule has 106 valence electrons. The molecule has 3 aromatic rings. The number of oxime groups is 1. The number of nitrogens with two attached hydrogens (primary N) is 1. The molecule has 3 aromatic heterocycles. The fourth-order valence-electron chi connectivity index (χ4n) is 1.95. The van der Waals surface area contributed by atoms with Gasteiger partial charge in [0.1, 0.15) is 5.03 Å². The third-order valence-corrected chi connectivity index (χ3v) is 3.92. The van der Waals surface area contributed by atoms with E-state index in [-0.39, 0.29) is 5.84 Å². The van der Waals surface area contributed by atoms with E-state index in [1.807, 2.05) is 35.7 Å². The lowest BCUT2D eigenvalue weighted by Gasteiger charge is -2.08. The second kappa shape index (κ2) is 5.41. The van der Waals surface area contributed by atoms with E-state index in [1.54, 1.807) is 12.3 Å². The van der Waals surface area contributed by atoms with Crippen molar-refractivity contribution in [2.75, 3.05) is 0 Å². The number of pyridine rings is 2. The predicted octanol–water partition coefficient (Wildman–Crippen LogP) is 1.68. The Kier molecular flexibility index (Phi) is 3.44. The molecule has 0 aliphatic carbocycles. The van der Waals surface area contributed by atoms with Crippen LogP contribution < -0.4 is 5.73 Å². The van der Waals surface area contributed by atoms with Crippen LogP contribution in [-0.2, 0) is 0 Å². The van der Waals surface area contributed by atoms with Crippen LogP contribution in [0.5, 0.6) is 0 Å². The van der Waals surface area contributed by atoms with Crippen molar-refractivity contribution < 1.29 is 5.21 Å². The number of hydrogen-bond acceptors (Lipinski definition) is 6. The van der Waals surface area contributed by atoms with Crippen LogP contribution in [0.2, 0.25) is 0 Å². The summed E-state index contributed by atoms with van der Waals surface area (Å²) in [6, 6.07) is 7.46. The molecule has 0 saturated carbocycles. The van der Waals surface area contributed by atoms with E-state index in [0.717, 1.165) is 11.2 Å². The van der Waals surface area contributed by atoms with Gasteiger partial charge in [-0.25, -0.2) is 4.98 Å². The maximum absolute atomic E-state index is 8.93. The zero-order valence-electron chi connectivity index (χ0n) is 11.1. The summed E-state index contributed by atoms with van der Waals surface area (Å²) in [6.07, 6.45) is 3.55. The van der Waals surface area contributed by atoms with Gasteiger partial charge in [0.2, 0.25) is 5.16 Å². The van der Waals surface area contributed by atoms with E-state index in [0.29, 0.717) is 15.7 Å². The zero-order valence-corrected chi connectivity index (χ0v) is 11.9. The Morgan fingerprint density at radius 1 is 1.33 bits per heavy atom. The second-order valence-electron chi connectivity index (χ2n) is 4.31. The molecule has 0 unspecified atom stereocenters. The smallest absolute Gasteiger partial charge is 0.201 e. The lowest BCUT2D eigenvalue weighted by molar-refractivity contribution is 0.318. The first-order chi connectivity index (χ1) is 10.2. The van der Waals surface area contributed by atoms with Gasteiger partial charge in [0.05, 0.1) is 5.56 Å². The van der Waals surface area contributed by atoms with Crippen LogP contribution in [0.25, 0.3) is 5.65 Å². The van der Waals surface area contributed by atoms with E-state index >= 15 is 0 Å². The zero-order chi connectivity index (χ0) is 14.8. The van der Waals surface area contributed by atoms with Gasteiger partial charge in [0.25, 0.3) is 0 Å². The maximum atomic E-state index is 8.93. The van der Waals surface area contributed by atoms with Crippen LogP contribution in [0.3, 0.4) is 0 Å². The molecule has 7 nitrogen and oxygen atoms in total. The SMILES string of the molecule is Cc1ccnc(Sc2nnc3ccccn23)c1/C(N)=N/O. The molecule has 0 atom stereocenters. The van der Waals surface area contributed by atoms with Crippen LogP contribution in [0.15, 0.2) is 52.0 Å². The standard InChI is InChI=1S/C13H12N6OS/c1-8-5-6-15-12(10(8)11(14)18-20)21-13-17-16-9-4-2-3-7-19(9)13/h2-7,20H,1H3,(H2,14,18). The molecule has 8 heteroatoms. The first-order valence-corrected chi connectivity index (χ1v) is 6.93. The van der Waals surface area contributed by atoms with Gasteiger partial charge in [-0.1, -0.05) is 11.2 Å². The third-order valence-electron chi connectivity index (χ3n) is 2.96. The fourth-order valence-corrected chi connectivity index (χ4v) is 2.94. The molecule has 0 aliphatic heterocycles. The summed E-state index contributed by atoms with van der Waals surface area (Å²) in [6.45, 7) is 1.88. The van der Waals surface area contributed by atoms with E-state index in [2.05, 4.69) is 20.3 Å². The fraction of sp³-hybridized carbons (Fsp3) is 0.0769. The van der Waals surface area contributed by atoms with Gasteiger partial charge in [-0.15, -0.1) is 10.2 Å². The molecule has 0 radical (unpaired) electrons. The average Bonchev–Trinajstić information content (AvgIpc) is 2.90. The number of aromatic nitrogens is 4. The summed E-state index contributed by atoms with van der Waals surface area (Å²) < 4.78 is 1.85. The second-order valence-corrected chi connectivity index (χ2v) is 5.26. The van der Waals surface area contributed by atoms with Crippen molar-refractivity contribution in [3.8, 4) is 0 Å². The Morgan fingerprint density at radius 3 is 3.00 bits per heavy atom. The summed E-state index contributed by atoms with van der Waals surface area (Å²) in [4.78, 5) is 4.30. The first kappa shape index (κ1) is 13.4. The van der Waals surface area contributed by atoms with Crippen molar-refractivity contribution >= 4 is 23.2 Å². The van der Waals surface area contributed by atoms with Crippen molar-refractivity contribution in [2.24, 2.45) is 10.9 Å². The van der Waals surface area contributed by atoms with Crippen LogP contribution in [-0.4, -0.2) is 30.6 Å². The van der Waals surface area contributed by atoms with E-state index in [9.17, 15) is 0 Å². The Morgan fingerprint density at radius 2 is 2.19 bits per heavy atom.